The number of nitrogens with one attached hydrogen (secondary N) is 2. The number of nitrogens with zero attached hydrogens (tertiary/aromatic N) is 2. The Balaban J connectivity index is 1.76. The monoisotopic (exact) mass is 336 g/mol. The number of carbonyl (C=O) groups is 1. The van der Waals surface area contributed by atoms with Gasteiger partial charge in [0, 0.05) is 18.2 Å². The zero-order chi connectivity index (χ0) is 17.7. The van der Waals surface area contributed by atoms with E-state index in [1.807, 2.05) is 20.8 Å². The van der Waals surface area contributed by atoms with Crippen LogP contribution >= 0.6 is 0 Å². The predicted octanol–water partition coefficient (Wildman–Crippen LogP) is 3.24. The lowest BCUT2D eigenvalue weighted by atomic mass is 9.91. The third-order valence-corrected chi connectivity index (χ3v) is 3.76. The maximum Gasteiger partial charge on any atom is 0.407 e. The van der Waals surface area contributed by atoms with E-state index < -0.39 is 10.5 Å². The van der Waals surface area contributed by atoms with Crippen molar-refractivity contribution in [3.63, 3.8) is 0 Å². The van der Waals surface area contributed by atoms with Crippen LogP contribution in [0, 0.1) is 10.1 Å². The van der Waals surface area contributed by atoms with Crippen molar-refractivity contribution in [1.82, 2.24) is 10.3 Å². The fourth-order valence-corrected chi connectivity index (χ4v) is 2.64. The van der Waals surface area contributed by atoms with E-state index in [0.29, 0.717) is 5.82 Å². The standard InChI is InChI=1S/C16H24N4O4/c1-16(2,3)24-15(21)19-12-6-4-11(5-7-12)18-14-9-8-13(10-17-14)20(22)23/h8-12H,4-7H2,1-3H3,(H,17,18)(H,19,21). The molecule has 1 aromatic rings. The van der Waals surface area contributed by atoms with Gasteiger partial charge < -0.3 is 15.4 Å². The Labute approximate surface area is 141 Å². The van der Waals surface area contributed by atoms with E-state index >= 15 is 0 Å². The van der Waals surface area contributed by atoms with E-state index in [0.717, 1.165) is 25.7 Å². The molecule has 0 saturated heterocycles. The highest BCUT2D eigenvalue weighted by Crippen LogP contribution is 2.22. The fraction of sp³-hybridized carbons (Fsp3) is 0.625. The Kier molecular flexibility index (Phi) is 5.58. The Hall–Kier alpha value is -2.38. The summed E-state index contributed by atoms with van der Waals surface area (Å²) in [6, 6.07) is 3.41. The molecule has 0 radical (unpaired) electrons. The van der Waals surface area contributed by atoms with E-state index in [-0.39, 0.29) is 23.9 Å². The van der Waals surface area contributed by atoms with Gasteiger partial charge in [-0.15, -0.1) is 0 Å². The minimum Gasteiger partial charge on any atom is -0.444 e. The molecule has 8 nitrogen and oxygen atoms in total. The first-order chi connectivity index (χ1) is 11.2. The normalized spacial score (nSPS) is 21.0. The van der Waals surface area contributed by atoms with Crippen LogP contribution in [0.5, 0.6) is 0 Å². The molecule has 1 aliphatic rings. The molecule has 0 aliphatic heterocycles. The van der Waals surface area contributed by atoms with Crippen LogP contribution in [0.3, 0.4) is 0 Å². The number of amides is 1. The number of anilines is 1. The van der Waals surface area contributed by atoms with Gasteiger partial charge in [0.1, 0.15) is 17.6 Å². The van der Waals surface area contributed by atoms with Gasteiger partial charge in [-0.25, -0.2) is 9.78 Å². The second kappa shape index (κ2) is 7.46. The maximum absolute atomic E-state index is 11.8. The number of alkyl carbamates (subject to hydrolysis) is 1. The van der Waals surface area contributed by atoms with Gasteiger partial charge in [-0.1, -0.05) is 0 Å². The molecule has 1 aliphatic carbocycles. The minimum atomic E-state index is -0.496. The van der Waals surface area contributed by atoms with Crippen LogP contribution in [-0.4, -0.2) is 33.7 Å². The van der Waals surface area contributed by atoms with E-state index in [4.69, 9.17) is 4.74 Å². The van der Waals surface area contributed by atoms with Crippen LogP contribution < -0.4 is 10.6 Å². The molecule has 0 spiro atoms. The Morgan fingerprint density at radius 3 is 2.38 bits per heavy atom. The first-order valence-corrected chi connectivity index (χ1v) is 8.09. The third-order valence-electron chi connectivity index (χ3n) is 3.76. The van der Waals surface area contributed by atoms with Crippen LogP contribution in [0.2, 0.25) is 0 Å². The number of carbonyl (C=O) groups excluding carboxylic acids is 1. The van der Waals surface area contributed by atoms with Gasteiger partial charge in [0.05, 0.1) is 4.92 Å². The molecule has 24 heavy (non-hydrogen) atoms. The van der Waals surface area contributed by atoms with Gasteiger partial charge >= 0.3 is 6.09 Å². The smallest absolute Gasteiger partial charge is 0.407 e. The van der Waals surface area contributed by atoms with Crippen molar-refractivity contribution in [1.29, 1.82) is 0 Å². The highest BCUT2D eigenvalue weighted by atomic mass is 16.6. The number of aromatic nitrogens is 1. The summed E-state index contributed by atoms with van der Waals surface area (Å²) in [4.78, 5) is 26.0. The Morgan fingerprint density at radius 1 is 1.25 bits per heavy atom. The van der Waals surface area contributed by atoms with Gasteiger partial charge in [-0.05, 0) is 52.5 Å². The number of hydrogen-bond acceptors (Lipinski definition) is 6. The lowest BCUT2D eigenvalue weighted by Gasteiger charge is -2.30. The molecule has 1 fully saturated rings. The molecule has 1 amide bonds. The average molecular weight is 336 g/mol. The summed E-state index contributed by atoms with van der Waals surface area (Å²) in [5, 5.41) is 16.8. The second-order valence-corrected chi connectivity index (χ2v) is 7.00. The van der Waals surface area contributed by atoms with Gasteiger partial charge in [0.2, 0.25) is 0 Å². The average Bonchev–Trinajstić information content (AvgIpc) is 2.48. The highest BCUT2D eigenvalue weighted by molar-refractivity contribution is 5.68. The fourth-order valence-electron chi connectivity index (χ4n) is 2.64. The van der Waals surface area contributed by atoms with Crippen LogP contribution in [0.1, 0.15) is 46.5 Å². The zero-order valence-corrected chi connectivity index (χ0v) is 14.2. The summed E-state index contributed by atoms with van der Waals surface area (Å²) < 4.78 is 5.26. The first-order valence-electron chi connectivity index (χ1n) is 8.09. The first kappa shape index (κ1) is 18.0. The maximum atomic E-state index is 11.8. The number of ether oxygens (including phenoxy) is 1. The van der Waals surface area contributed by atoms with Crippen molar-refractivity contribution in [2.75, 3.05) is 5.32 Å². The van der Waals surface area contributed by atoms with Gasteiger partial charge in [-0.3, -0.25) is 10.1 Å². The third kappa shape index (κ3) is 5.68. The quantitative estimate of drug-likeness (QED) is 0.646. The van der Waals surface area contributed by atoms with E-state index in [9.17, 15) is 14.9 Å². The number of rotatable bonds is 4. The molecule has 1 saturated carbocycles. The summed E-state index contributed by atoms with van der Waals surface area (Å²) >= 11 is 0. The van der Waals surface area contributed by atoms with Crippen molar-refractivity contribution in [3.8, 4) is 0 Å². The number of nitro groups is 1. The molecule has 0 unspecified atom stereocenters. The van der Waals surface area contributed by atoms with Crippen LogP contribution in [0.4, 0.5) is 16.3 Å². The largest absolute Gasteiger partial charge is 0.444 e. The zero-order valence-electron chi connectivity index (χ0n) is 14.2. The molecular formula is C16H24N4O4. The van der Waals surface area contributed by atoms with Crippen molar-refractivity contribution < 1.29 is 14.5 Å². The lowest BCUT2D eigenvalue weighted by Crippen LogP contribution is -2.42. The predicted molar refractivity (Wildman–Crippen MR) is 89.9 cm³/mol. The minimum absolute atomic E-state index is 0.0224. The molecular weight excluding hydrogens is 312 g/mol. The van der Waals surface area contributed by atoms with Crippen LogP contribution in [-0.2, 0) is 4.74 Å². The second-order valence-electron chi connectivity index (χ2n) is 7.00. The molecule has 8 heteroatoms. The summed E-state index contributed by atoms with van der Waals surface area (Å²) in [7, 11) is 0. The molecule has 1 aromatic heterocycles. The molecule has 0 atom stereocenters. The highest BCUT2D eigenvalue weighted by Gasteiger charge is 2.24. The number of hydrogen-bond donors (Lipinski definition) is 2. The van der Waals surface area contributed by atoms with E-state index in [1.54, 1.807) is 6.07 Å². The van der Waals surface area contributed by atoms with Crippen LogP contribution in [0.15, 0.2) is 18.3 Å². The van der Waals surface area contributed by atoms with Gasteiger partial charge in [0.25, 0.3) is 5.69 Å². The summed E-state index contributed by atoms with van der Waals surface area (Å²) in [5.74, 6) is 0.629. The molecule has 1 heterocycles. The van der Waals surface area contributed by atoms with E-state index in [2.05, 4.69) is 15.6 Å². The van der Waals surface area contributed by atoms with Crippen molar-refractivity contribution in [2.45, 2.75) is 64.1 Å². The summed E-state index contributed by atoms with van der Waals surface area (Å²) in [5.41, 5.74) is -0.518. The van der Waals surface area contributed by atoms with E-state index in [1.165, 1.54) is 12.3 Å². The van der Waals surface area contributed by atoms with Crippen molar-refractivity contribution in [2.24, 2.45) is 0 Å². The Bertz CT molecular complexity index is 575. The van der Waals surface area contributed by atoms with Crippen molar-refractivity contribution in [3.05, 3.63) is 28.4 Å². The topological polar surface area (TPSA) is 106 Å². The molecule has 132 valence electrons. The molecule has 0 bridgehead atoms. The molecule has 2 rings (SSSR count). The lowest BCUT2D eigenvalue weighted by molar-refractivity contribution is -0.385. The van der Waals surface area contributed by atoms with Crippen molar-refractivity contribution >= 4 is 17.6 Å². The van der Waals surface area contributed by atoms with Crippen LogP contribution in [0.25, 0.3) is 0 Å². The number of pyridine rings is 1. The summed E-state index contributed by atoms with van der Waals surface area (Å²) in [6.07, 6.45) is 4.35. The summed E-state index contributed by atoms with van der Waals surface area (Å²) in [6.45, 7) is 5.51. The van der Waals surface area contributed by atoms with Gasteiger partial charge in [0.15, 0.2) is 0 Å². The molecule has 0 aromatic carbocycles. The molecule has 2 N–H and O–H groups in total. The SMILES string of the molecule is CC(C)(C)OC(=O)NC1CCC(Nc2ccc([N+](=O)[O-])cn2)CC1. The Morgan fingerprint density at radius 2 is 1.88 bits per heavy atom. The van der Waals surface area contributed by atoms with Gasteiger partial charge in [-0.2, -0.15) is 0 Å².